The summed E-state index contributed by atoms with van der Waals surface area (Å²) in [4.78, 5) is 4.21. The summed E-state index contributed by atoms with van der Waals surface area (Å²) in [7, 11) is 1.67. The van der Waals surface area contributed by atoms with E-state index in [9.17, 15) is 0 Å². The van der Waals surface area contributed by atoms with Crippen molar-refractivity contribution >= 4 is 11.5 Å². The third kappa shape index (κ3) is 5.33. The van der Waals surface area contributed by atoms with Gasteiger partial charge in [-0.1, -0.05) is 0 Å². The largest absolute Gasteiger partial charge is 0.396 e. The number of anilines is 2. The summed E-state index contributed by atoms with van der Waals surface area (Å²) in [6, 6.07) is 1.91. The lowest BCUT2D eigenvalue weighted by Crippen LogP contribution is -2.08. The van der Waals surface area contributed by atoms with Gasteiger partial charge in [-0.05, 0) is 31.4 Å². The number of nitrogen functional groups attached to an aromatic ring is 1. The van der Waals surface area contributed by atoms with E-state index in [1.165, 1.54) is 0 Å². The number of methoxy groups -OCH3 is 1. The van der Waals surface area contributed by atoms with Crippen molar-refractivity contribution in [3.8, 4) is 0 Å². The van der Waals surface area contributed by atoms with E-state index in [-0.39, 0.29) is 0 Å². The second-order valence-corrected chi connectivity index (χ2v) is 4.13. The van der Waals surface area contributed by atoms with Crippen molar-refractivity contribution < 1.29 is 9.47 Å². The minimum absolute atomic E-state index is 0.655. The van der Waals surface area contributed by atoms with Gasteiger partial charge in [0.1, 0.15) is 5.82 Å². The van der Waals surface area contributed by atoms with Gasteiger partial charge in [0.2, 0.25) is 0 Å². The van der Waals surface area contributed by atoms with Gasteiger partial charge < -0.3 is 20.5 Å². The molecule has 0 aliphatic heterocycles. The predicted octanol–water partition coefficient (Wildman–Crippen LogP) is 1.83. The molecule has 0 spiro atoms. The van der Waals surface area contributed by atoms with Crippen LogP contribution in [0.1, 0.15) is 18.4 Å². The fourth-order valence-corrected chi connectivity index (χ4v) is 1.49. The summed E-state index contributed by atoms with van der Waals surface area (Å²) < 4.78 is 10.3. The monoisotopic (exact) mass is 253 g/mol. The zero-order chi connectivity index (χ0) is 13.2. The van der Waals surface area contributed by atoms with Crippen LogP contribution in [0.5, 0.6) is 0 Å². The number of hydrogen-bond acceptors (Lipinski definition) is 5. The number of pyridine rings is 1. The van der Waals surface area contributed by atoms with Gasteiger partial charge in [0.25, 0.3) is 0 Å². The molecule has 0 atom stereocenters. The van der Waals surface area contributed by atoms with Crippen LogP contribution in [0, 0.1) is 6.92 Å². The van der Waals surface area contributed by atoms with Gasteiger partial charge in [-0.25, -0.2) is 4.98 Å². The summed E-state index contributed by atoms with van der Waals surface area (Å²) in [5, 5.41) is 3.24. The van der Waals surface area contributed by atoms with E-state index in [0.29, 0.717) is 13.2 Å². The molecule has 1 rings (SSSR count). The molecule has 0 aromatic carbocycles. The minimum atomic E-state index is 0.655. The molecule has 0 aliphatic carbocycles. The van der Waals surface area contributed by atoms with Crippen LogP contribution in [0.15, 0.2) is 12.3 Å². The van der Waals surface area contributed by atoms with E-state index in [1.54, 1.807) is 13.3 Å². The fraction of sp³-hybridized carbons (Fsp3) is 0.615. The van der Waals surface area contributed by atoms with Crippen LogP contribution in [0.4, 0.5) is 11.5 Å². The molecular weight excluding hydrogens is 230 g/mol. The second kappa shape index (κ2) is 8.72. The van der Waals surface area contributed by atoms with Gasteiger partial charge in [0, 0.05) is 26.5 Å². The minimum Gasteiger partial charge on any atom is -0.396 e. The molecule has 0 unspecified atom stereocenters. The summed E-state index contributed by atoms with van der Waals surface area (Å²) in [5.41, 5.74) is 7.70. The van der Waals surface area contributed by atoms with Gasteiger partial charge in [-0.2, -0.15) is 0 Å². The number of nitrogens with one attached hydrogen (secondary N) is 1. The number of hydrogen-bond donors (Lipinski definition) is 2. The molecule has 5 heteroatoms. The number of ether oxygens (including phenoxy) is 2. The summed E-state index contributed by atoms with van der Waals surface area (Å²) in [5.74, 6) is 0.773. The number of unbranched alkanes of at least 4 members (excludes halogenated alkanes) is 1. The Kier molecular flexibility index (Phi) is 7.13. The number of aryl methyl sites for hydroxylation is 1. The Morgan fingerprint density at radius 2 is 2.11 bits per heavy atom. The molecule has 0 saturated heterocycles. The molecule has 1 aromatic heterocycles. The third-order valence-corrected chi connectivity index (χ3v) is 2.65. The van der Waals surface area contributed by atoms with Crippen molar-refractivity contribution in [1.29, 1.82) is 0 Å². The van der Waals surface area contributed by atoms with Gasteiger partial charge in [0.05, 0.1) is 18.9 Å². The molecule has 3 N–H and O–H groups in total. The Hall–Kier alpha value is -1.33. The number of nitrogens with two attached hydrogens (primary N) is 1. The molecule has 0 amide bonds. The molecule has 0 fully saturated rings. The van der Waals surface area contributed by atoms with E-state index < -0.39 is 0 Å². The molecule has 0 aliphatic rings. The van der Waals surface area contributed by atoms with Crippen LogP contribution < -0.4 is 11.1 Å². The van der Waals surface area contributed by atoms with E-state index >= 15 is 0 Å². The van der Waals surface area contributed by atoms with Gasteiger partial charge in [-0.15, -0.1) is 0 Å². The van der Waals surface area contributed by atoms with Crippen LogP contribution in [-0.4, -0.2) is 38.5 Å². The molecule has 1 heterocycles. The van der Waals surface area contributed by atoms with Crippen LogP contribution in [0.2, 0.25) is 0 Å². The molecule has 0 saturated carbocycles. The Labute approximate surface area is 109 Å². The SMILES string of the molecule is COCCOCCCCNc1nccc(C)c1N. The van der Waals surface area contributed by atoms with Crippen molar-refractivity contribution in [2.24, 2.45) is 0 Å². The van der Waals surface area contributed by atoms with Crippen LogP contribution in [-0.2, 0) is 9.47 Å². The molecule has 0 bridgehead atoms. The zero-order valence-electron chi connectivity index (χ0n) is 11.2. The van der Waals surface area contributed by atoms with Crippen molar-refractivity contribution in [1.82, 2.24) is 4.98 Å². The van der Waals surface area contributed by atoms with Gasteiger partial charge in [0.15, 0.2) is 0 Å². The fourth-order valence-electron chi connectivity index (χ4n) is 1.49. The highest BCUT2D eigenvalue weighted by Gasteiger charge is 2.01. The van der Waals surface area contributed by atoms with Gasteiger partial charge >= 0.3 is 0 Å². The van der Waals surface area contributed by atoms with Crippen molar-refractivity contribution in [2.75, 3.05) is 44.5 Å². The van der Waals surface area contributed by atoms with Crippen LogP contribution in [0.3, 0.4) is 0 Å². The lowest BCUT2D eigenvalue weighted by molar-refractivity contribution is 0.0691. The lowest BCUT2D eigenvalue weighted by atomic mass is 10.2. The smallest absolute Gasteiger partial charge is 0.149 e. The predicted molar refractivity (Wildman–Crippen MR) is 73.8 cm³/mol. The molecule has 0 radical (unpaired) electrons. The standard InChI is InChI=1S/C13H23N3O2/c1-11-5-7-16-13(12(11)14)15-6-3-4-8-18-10-9-17-2/h5,7H,3-4,6,8-10,14H2,1-2H3,(H,15,16). The topological polar surface area (TPSA) is 69.4 Å². The highest BCUT2D eigenvalue weighted by molar-refractivity contribution is 5.64. The second-order valence-electron chi connectivity index (χ2n) is 4.13. The maximum Gasteiger partial charge on any atom is 0.149 e. The first-order valence-electron chi connectivity index (χ1n) is 6.27. The number of rotatable bonds is 9. The quantitative estimate of drug-likeness (QED) is 0.657. The average molecular weight is 253 g/mol. The van der Waals surface area contributed by atoms with Crippen LogP contribution in [0.25, 0.3) is 0 Å². The van der Waals surface area contributed by atoms with E-state index in [2.05, 4.69) is 10.3 Å². The maximum atomic E-state index is 5.91. The van der Waals surface area contributed by atoms with Crippen molar-refractivity contribution in [3.63, 3.8) is 0 Å². The Morgan fingerprint density at radius 1 is 1.28 bits per heavy atom. The van der Waals surface area contributed by atoms with Gasteiger partial charge in [-0.3, -0.25) is 0 Å². The molecule has 102 valence electrons. The van der Waals surface area contributed by atoms with Crippen LogP contribution >= 0.6 is 0 Å². The first-order valence-corrected chi connectivity index (χ1v) is 6.27. The molecule has 1 aromatic rings. The molecule has 18 heavy (non-hydrogen) atoms. The van der Waals surface area contributed by atoms with Crippen molar-refractivity contribution in [2.45, 2.75) is 19.8 Å². The number of nitrogens with zero attached hydrogens (tertiary/aromatic N) is 1. The van der Waals surface area contributed by atoms with Crippen molar-refractivity contribution in [3.05, 3.63) is 17.8 Å². The normalized spacial score (nSPS) is 10.6. The van der Waals surface area contributed by atoms with E-state index in [4.69, 9.17) is 15.2 Å². The third-order valence-electron chi connectivity index (χ3n) is 2.65. The summed E-state index contributed by atoms with van der Waals surface area (Å²) >= 11 is 0. The zero-order valence-corrected chi connectivity index (χ0v) is 11.2. The maximum absolute atomic E-state index is 5.91. The first kappa shape index (κ1) is 14.7. The Bertz CT molecular complexity index is 345. The molecule has 5 nitrogen and oxygen atoms in total. The van der Waals surface area contributed by atoms with E-state index in [0.717, 1.165) is 43.1 Å². The summed E-state index contributed by atoms with van der Waals surface area (Å²) in [6.45, 7) is 4.92. The number of aromatic nitrogens is 1. The Balaban J connectivity index is 2.09. The van der Waals surface area contributed by atoms with E-state index in [1.807, 2.05) is 13.0 Å². The summed E-state index contributed by atoms with van der Waals surface area (Å²) in [6.07, 6.45) is 3.81. The lowest BCUT2D eigenvalue weighted by Gasteiger charge is -2.09. The first-order chi connectivity index (χ1) is 8.75. The highest BCUT2D eigenvalue weighted by Crippen LogP contribution is 2.18. The molecular formula is C13H23N3O2. The highest BCUT2D eigenvalue weighted by atomic mass is 16.5. The average Bonchev–Trinajstić information content (AvgIpc) is 2.37. The Morgan fingerprint density at radius 3 is 2.89 bits per heavy atom.